The van der Waals surface area contributed by atoms with Gasteiger partial charge in [-0.25, -0.2) is 4.98 Å². The summed E-state index contributed by atoms with van der Waals surface area (Å²) in [5, 5.41) is 9.42. The third kappa shape index (κ3) is 1.85. The van der Waals surface area contributed by atoms with Crippen molar-refractivity contribution in [2.24, 2.45) is 0 Å². The van der Waals surface area contributed by atoms with E-state index in [9.17, 15) is 14.7 Å². The second kappa shape index (κ2) is 3.98. The number of carboxylic acids is 1. The Kier molecular flexibility index (Phi) is 2.77. The van der Waals surface area contributed by atoms with Crippen molar-refractivity contribution in [3.8, 4) is 0 Å². The van der Waals surface area contributed by atoms with E-state index in [2.05, 4.69) is 4.98 Å². The monoisotopic (exact) mass is 237 g/mol. The van der Waals surface area contributed by atoms with Gasteiger partial charge in [-0.3, -0.25) is 9.59 Å². The number of hydrogen-bond acceptors (Lipinski definition) is 4. The van der Waals surface area contributed by atoms with E-state index in [1.165, 1.54) is 0 Å². The number of nitrogens with zero attached hydrogens (tertiary/aromatic N) is 1. The molecule has 2 rings (SSSR count). The SMILES string of the molecule is Cc1nc(C2(C(=O)O)CCC(=O)CC2)oc1C. The van der Waals surface area contributed by atoms with E-state index in [4.69, 9.17) is 4.42 Å². The van der Waals surface area contributed by atoms with Gasteiger partial charge in [-0.15, -0.1) is 0 Å². The van der Waals surface area contributed by atoms with E-state index in [-0.39, 0.29) is 37.4 Å². The van der Waals surface area contributed by atoms with Crippen LogP contribution in [0.1, 0.15) is 43.0 Å². The van der Waals surface area contributed by atoms with Crippen molar-refractivity contribution in [2.45, 2.75) is 44.9 Å². The number of ketones is 1. The number of oxazole rings is 1. The number of rotatable bonds is 2. The standard InChI is InChI=1S/C12H15NO4/c1-7-8(2)17-10(13-7)12(11(15)16)5-3-9(14)4-6-12/h3-6H2,1-2H3,(H,15,16). The third-order valence-corrected chi connectivity index (χ3v) is 3.51. The first-order valence-electron chi connectivity index (χ1n) is 5.65. The molecule has 0 saturated heterocycles. The quantitative estimate of drug-likeness (QED) is 0.847. The van der Waals surface area contributed by atoms with Crippen molar-refractivity contribution in [3.63, 3.8) is 0 Å². The number of carbonyl (C=O) groups is 2. The number of hydrogen-bond donors (Lipinski definition) is 1. The van der Waals surface area contributed by atoms with Crippen LogP contribution in [0.4, 0.5) is 0 Å². The Morgan fingerprint density at radius 1 is 1.35 bits per heavy atom. The fraction of sp³-hybridized carbons (Fsp3) is 0.583. The molecule has 1 aromatic rings. The lowest BCUT2D eigenvalue weighted by molar-refractivity contribution is -0.147. The molecule has 5 heteroatoms. The minimum absolute atomic E-state index is 0.113. The Morgan fingerprint density at radius 2 is 1.94 bits per heavy atom. The molecule has 0 bridgehead atoms. The second-order valence-corrected chi connectivity index (χ2v) is 4.59. The average Bonchev–Trinajstić information content (AvgIpc) is 2.60. The van der Waals surface area contributed by atoms with E-state index in [1.807, 2.05) is 0 Å². The summed E-state index contributed by atoms with van der Waals surface area (Å²) in [6.07, 6.45) is 1.13. The zero-order valence-electron chi connectivity index (χ0n) is 9.95. The van der Waals surface area contributed by atoms with Crippen molar-refractivity contribution < 1.29 is 19.1 Å². The lowest BCUT2D eigenvalue weighted by atomic mass is 9.73. The van der Waals surface area contributed by atoms with Crippen molar-refractivity contribution in [1.82, 2.24) is 4.98 Å². The zero-order chi connectivity index (χ0) is 12.6. The number of aromatic nitrogens is 1. The molecule has 1 saturated carbocycles. The van der Waals surface area contributed by atoms with Crippen LogP contribution in [-0.4, -0.2) is 21.8 Å². The van der Waals surface area contributed by atoms with E-state index in [0.717, 1.165) is 0 Å². The highest BCUT2D eigenvalue weighted by Crippen LogP contribution is 2.38. The third-order valence-electron chi connectivity index (χ3n) is 3.51. The molecule has 1 fully saturated rings. The molecule has 0 atom stereocenters. The molecule has 1 aliphatic rings. The van der Waals surface area contributed by atoms with E-state index in [1.54, 1.807) is 13.8 Å². The predicted octanol–water partition coefficient (Wildman–Crippen LogP) is 1.76. The largest absolute Gasteiger partial charge is 0.480 e. The van der Waals surface area contributed by atoms with Crippen LogP contribution in [0.2, 0.25) is 0 Å². The maximum absolute atomic E-state index is 11.5. The molecule has 1 aromatic heterocycles. The van der Waals surface area contributed by atoms with Crippen LogP contribution in [0.3, 0.4) is 0 Å². The number of carboxylic acid groups (broad SMARTS) is 1. The molecule has 1 aliphatic carbocycles. The maximum Gasteiger partial charge on any atom is 0.319 e. The fourth-order valence-electron chi connectivity index (χ4n) is 2.15. The van der Waals surface area contributed by atoms with E-state index >= 15 is 0 Å². The molecule has 0 spiro atoms. The minimum Gasteiger partial charge on any atom is -0.480 e. The molecular formula is C12H15NO4. The summed E-state index contributed by atoms with van der Waals surface area (Å²) in [6, 6.07) is 0. The minimum atomic E-state index is -1.12. The fourth-order valence-corrected chi connectivity index (χ4v) is 2.15. The van der Waals surface area contributed by atoms with Gasteiger partial charge in [0.2, 0.25) is 5.89 Å². The molecular weight excluding hydrogens is 222 g/mol. The van der Waals surface area contributed by atoms with Crippen LogP contribution < -0.4 is 0 Å². The van der Waals surface area contributed by atoms with Gasteiger partial charge in [0.05, 0.1) is 5.69 Å². The van der Waals surface area contributed by atoms with Gasteiger partial charge in [0, 0.05) is 12.8 Å². The van der Waals surface area contributed by atoms with Gasteiger partial charge in [-0.05, 0) is 26.7 Å². The topological polar surface area (TPSA) is 80.4 Å². The van der Waals surface area contributed by atoms with Gasteiger partial charge >= 0.3 is 5.97 Å². The molecule has 1 heterocycles. The average molecular weight is 237 g/mol. The van der Waals surface area contributed by atoms with Crippen LogP contribution in [-0.2, 0) is 15.0 Å². The number of aliphatic carboxylic acids is 1. The van der Waals surface area contributed by atoms with Crippen LogP contribution >= 0.6 is 0 Å². The highest BCUT2D eigenvalue weighted by molar-refractivity contribution is 5.86. The van der Waals surface area contributed by atoms with Crippen LogP contribution in [0.25, 0.3) is 0 Å². The summed E-state index contributed by atoms with van der Waals surface area (Å²) < 4.78 is 5.45. The first-order valence-corrected chi connectivity index (χ1v) is 5.65. The highest BCUT2D eigenvalue weighted by Gasteiger charge is 2.47. The molecule has 0 aliphatic heterocycles. The Balaban J connectivity index is 2.41. The van der Waals surface area contributed by atoms with Crippen molar-refractivity contribution in [2.75, 3.05) is 0 Å². The Labute approximate surface area is 98.8 Å². The second-order valence-electron chi connectivity index (χ2n) is 4.59. The van der Waals surface area contributed by atoms with Crippen molar-refractivity contribution >= 4 is 11.8 Å². The molecule has 1 N–H and O–H groups in total. The summed E-state index contributed by atoms with van der Waals surface area (Å²) >= 11 is 0. The summed E-state index contributed by atoms with van der Waals surface area (Å²) in [6.45, 7) is 3.54. The molecule has 0 radical (unpaired) electrons. The molecule has 0 amide bonds. The smallest absolute Gasteiger partial charge is 0.319 e. The van der Waals surface area contributed by atoms with Crippen LogP contribution in [0.15, 0.2) is 4.42 Å². The predicted molar refractivity (Wildman–Crippen MR) is 58.8 cm³/mol. The van der Waals surface area contributed by atoms with Crippen LogP contribution in [0, 0.1) is 13.8 Å². The first-order chi connectivity index (χ1) is 7.95. The molecule has 92 valence electrons. The lowest BCUT2D eigenvalue weighted by Crippen LogP contribution is -2.40. The number of Topliss-reactive ketones (excluding diaryl/α,β-unsaturated/α-hetero) is 1. The van der Waals surface area contributed by atoms with Gasteiger partial charge in [0.25, 0.3) is 0 Å². The normalized spacial score (nSPS) is 19.3. The van der Waals surface area contributed by atoms with Gasteiger partial charge in [0.15, 0.2) is 0 Å². The van der Waals surface area contributed by atoms with Gasteiger partial charge in [-0.2, -0.15) is 0 Å². The van der Waals surface area contributed by atoms with E-state index in [0.29, 0.717) is 11.5 Å². The zero-order valence-corrected chi connectivity index (χ0v) is 9.95. The summed E-state index contributed by atoms with van der Waals surface area (Å²) in [5.74, 6) is 0.0400. The lowest BCUT2D eigenvalue weighted by Gasteiger charge is -2.29. The summed E-state index contributed by atoms with van der Waals surface area (Å²) in [4.78, 5) is 26.9. The Bertz CT molecular complexity index is 445. The van der Waals surface area contributed by atoms with Gasteiger partial charge < -0.3 is 9.52 Å². The van der Waals surface area contributed by atoms with Crippen molar-refractivity contribution in [1.29, 1.82) is 0 Å². The Morgan fingerprint density at radius 3 is 2.35 bits per heavy atom. The first kappa shape index (κ1) is 11.8. The molecule has 0 unspecified atom stereocenters. The van der Waals surface area contributed by atoms with Gasteiger partial charge in [0.1, 0.15) is 17.0 Å². The molecule has 0 aromatic carbocycles. The Hall–Kier alpha value is -1.65. The number of aryl methyl sites for hydroxylation is 2. The van der Waals surface area contributed by atoms with E-state index < -0.39 is 11.4 Å². The highest BCUT2D eigenvalue weighted by atomic mass is 16.4. The molecule has 17 heavy (non-hydrogen) atoms. The summed E-state index contributed by atoms with van der Waals surface area (Å²) in [5.41, 5.74) is -0.412. The van der Waals surface area contributed by atoms with Crippen molar-refractivity contribution in [3.05, 3.63) is 17.3 Å². The summed E-state index contributed by atoms with van der Waals surface area (Å²) in [7, 11) is 0. The molecule has 5 nitrogen and oxygen atoms in total. The maximum atomic E-state index is 11.5. The van der Waals surface area contributed by atoms with Gasteiger partial charge in [-0.1, -0.05) is 0 Å². The number of carbonyl (C=O) groups excluding carboxylic acids is 1. The van der Waals surface area contributed by atoms with Crippen LogP contribution in [0.5, 0.6) is 0 Å².